The zero-order valence-corrected chi connectivity index (χ0v) is 11.2. The molecule has 3 N–H and O–H groups in total. The molecule has 0 fully saturated rings. The summed E-state index contributed by atoms with van der Waals surface area (Å²) >= 11 is 0. The molecule has 100 valence electrons. The number of rotatable bonds is 3. The average Bonchev–Trinajstić information content (AvgIpc) is 2.31. The maximum Gasteiger partial charge on any atom is 0.259 e. The number of para-hydroxylation sites is 1. The molecule has 19 heavy (non-hydrogen) atoms. The molecule has 1 aromatic heterocycles. The van der Waals surface area contributed by atoms with Gasteiger partial charge in [-0.2, -0.15) is 0 Å². The molecular weight excluding hydrogens is 242 g/mol. The first-order chi connectivity index (χ1) is 8.99. The molecule has 0 saturated carbocycles. The highest BCUT2D eigenvalue weighted by molar-refractivity contribution is 5.56. The Bertz CT molecular complexity index is 642. The number of nitrogens with one attached hydrogen (secondary N) is 2. The van der Waals surface area contributed by atoms with Crippen LogP contribution in [0.25, 0.3) is 0 Å². The van der Waals surface area contributed by atoms with E-state index in [0.717, 1.165) is 16.8 Å². The molecule has 0 bridgehead atoms. The van der Waals surface area contributed by atoms with Crippen molar-refractivity contribution in [2.24, 2.45) is 0 Å². The standard InChI is InChI=1S/C14H17N3O2/c1-8-5-4-6-9(2)12(8)15-7-11-13(18)16-10(3)17-14(11)19/h4-6,15H,7H2,1-3H3,(H2,16,17,18,19). The Hall–Kier alpha value is -2.30. The second kappa shape index (κ2) is 5.14. The number of hydrogen-bond acceptors (Lipinski definition) is 4. The largest absolute Gasteiger partial charge is 0.493 e. The van der Waals surface area contributed by atoms with Crippen molar-refractivity contribution < 1.29 is 5.11 Å². The Morgan fingerprint density at radius 3 is 2.47 bits per heavy atom. The van der Waals surface area contributed by atoms with Crippen LogP contribution in [0.1, 0.15) is 22.5 Å². The van der Waals surface area contributed by atoms with Gasteiger partial charge in [0.25, 0.3) is 5.56 Å². The highest BCUT2D eigenvalue weighted by Gasteiger charge is 2.10. The van der Waals surface area contributed by atoms with Crippen LogP contribution in [0.5, 0.6) is 5.88 Å². The third-order valence-electron chi connectivity index (χ3n) is 3.04. The van der Waals surface area contributed by atoms with Crippen LogP contribution < -0.4 is 10.9 Å². The van der Waals surface area contributed by atoms with Gasteiger partial charge in [-0.05, 0) is 31.9 Å². The lowest BCUT2D eigenvalue weighted by Crippen LogP contribution is -2.18. The molecule has 0 aliphatic carbocycles. The maximum atomic E-state index is 11.8. The normalized spacial score (nSPS) is 10.5. The predicted molar refractivity (Wildman–Crippen MR) is 74.5 cm³/mol. The summed E-state index contributed by atoms with van der Waals surface area (Å²) in [6.07, 6.45) is 0. The Labute approximate surface area is 111 Å². The molecule has 0 aliphatic heterocycles. The highest BCUT2D eigenvalue weighted by Crippen LogP contribution is 2.20. The SMILES string of the molecule is Cc1nc(O)c(CNc2c(C)cccc2C)c(=O)[nH]1. The number of aryl methyl sites for hydroxylation is 3. The number of aromatic hydroxyl groups is 1. The number of anilines is 1. The van der Waals surface area contributed by atoms with Gasteiger partial charge in [-0.1, -0.05) is 18.2 Å². The van der Waals surface area contributed by atoms with E-state index in [0.29, 0.717) is 5.82 Å². The zero-order chi connectivity index (χ0) is 14.0. The van der Waals surface area contributed by atoms with E-state index >= 15 is 0 Å². The Balaban J connectivity index is 2.27. The van der Waals surface area contributed by atoms with Gasteiger partial charge in [0.1, 0.15) is 5.82 Å². The van der Waals surface area contributed by atoms with E-state index in [1.54, 1.807) is 6.92 Å². The van der Waals surface area contributed by atoms with Gasteiger partial charge in [0, 0.05) is 5.69 Å². The molecule has 2 rings (SSSR count). The summed E-state index contributed by atoms with van der Waals surface area (Å²) in [6.45, 7) is 5.85. The number of H-pyrrole nitrogens is 1. The lowest BCUT2D eigenvalue weighted by molar-refractivity contribution is 0.442. The van der Waals surface area contributed by atoms with Gasteiger partial charge in [0.2, 0.25) is 5.88 Å². The van der Waals surface area contributed by atoms with Crippen LogP contribution in [-0.2, 0) is 6.54 Å². The Morgan fingerprint density at radius 2 is 1.89 bits per heavy atom. The molecule has 5 nitrogen and oxygen atoms in total. The second-order valence-electron chi connectivity index (χ2n) is 4.57. The number of aromatic nitrogens is 2. The van der Waals surface area contributed by atoms with Gasteiger partial charge in [0.15, 0.2) is 0 Å². The van der Waals surface area contributed by atoms with Gasteiger partial charge in [-0.15, -0.1) is 0 Å². The summed E-state index contributed by atoms with van der Waals surface area (Å²) in [5.41, 5.74) is 3.09. The van der Waals surface area contributed by atoms with Crippen LogP contribution in [0, 0.1) is 20.8 Å². The first-order valence-corrected chi connectivity index (χ1v) is 6.08. The molecule has 0 spiro atoms. The van der Waals surface area contributed by atoms with E-state index in [9.17, 15) is 9.90 Å². The second-order valence-corrected chi connectivity index (χ2v) is 4.57. The molecule has 2 aromatic rings. The van der Waals surface area contributed by atoms with Crippen molar-refractivity contribution in [1.29, 1.82) is 0 Å². The quantitative estimate of drug-likeness (QED) is 0.788. The molecule has 5 heteroatoms. The highest BCUT2D eigenvalue weighted by atomic mass is 16.3. The first kappa shape index (κ1) is 13.1. The molecule has 1 heterocycles. The smallest absolute Gasteiger partial charge is 0.259 e. The summed E-state index contributed by atoms with van der Waals surface area (Å²) in [4.78, 5) is 18.2. The number of hydrogen-bond donors (Lipinski definition) is 3. The maximum absolute atomic E-state index is 11.8. The summed E-state index contributed by atoms with van der Waals surface area (Å²) in [5.74, 6) is 0.179. The van der Waals surface area contributed by atoms with Gasteiger partial charge < -0.3 is 15.4 Å². The van der Waals surface area contributed by atoms with Gasteiger partial charge >= 0.3 is 0 Å². The van der Waals surface area contributed by atoms with Crippen molar-refractivity contribution in [3.05, 3.63) is 51.1 Å². The minimum Gasteiger partial charge on any atom is -0.493 e. The van der Waals surface area contributed by atoms with E-state index in [4.69, 9.17) is 0 Å². The topological polar surface area (TPSA) is 78.0 Å². The first-order valence-electron chi connectivity index (χ1n) is 6.08. The summed E-state index contributed by atoms with van der Waals surface area (Å²) in [6, 6.07) is 5.97. The predicted octanol–water partition coefficient (Wildman–Crippen LogP) is 2.01. The van der Waals surface area contributed by atoms with Gasteiger partial charge in [-0.25, -0.2) is 4.98 Å². The minimum absolute atomic E-state index is 0.222. The van der Waals surface area contributed by atoms with E-state index < -0.39 is 0 Å². The van der Waals surface area contributed by atoms with Crippen molar-refractivity contribution >= 4 is 5.69 Å². The number of nitrogens with zero attached hydrogens (tertiary/aromatic N) is 1. The van der Waals surface area contributed by atoms with Gasteiger partial charge in [0.05, 0.1) is 12.1 Å². The summed E-state index contributed by atoms with van der Waals surface area (Å²) in [5, 5.41) is 12.9. The van der Waals surface area contributed by atoms with Gasteiger partial charge in [-0.3, -0.25) is 4.79 Å². The molecule has 1 aromatic carbocycles. The van der Waals surface area contributed by atoms with E-state index in [-0.39, 0.29) is 23.5 Å². The van der Waals surface area contributed by atoms with Crippen LogP contribution >= 0.6 is 0 Å². The van der Waals surface area contributed by atoms with Crippen molar-refractivity contribution in [3.63, 3.8) is 0 Å². The third kappa shape index (κ3) is 2.76. The van der Waals surface area contributed by atoms with Crippen LogP contribution in [0.4, 0.5) is 5.69 Å². The third-order valence-corrected chi connectivity index (χ3v) is 3.04. The fourth-order valence-corrected chi connectivity index (χ4v) is 2.02. The molecule has 0 radical (unpaired) electrons. The van der Waals surface area contributed by atoms with E-state index in [2.05, 4.69) is 15.3 Å². The molecular formula is C14H17N3O2. The fraction of sp³-hybridized carbons (Fsp3) is 0.286. The lowest BCUT2D eigenvalue weighted by Gasteiger charge is -2.12. The molecule has 0 aliphatic rings. The summed E-state index contributed by atoms with van der Waals surface area (Å²) in [7, 11) is 0. The van der Waals surface area contributed by atoms with Crippen molar-refractivity contribution in [1.82, 2.24) is 9.97 Å². The number of benzene rings is 1. The fourth-order valence-electron chi connectivity index (χ4n) is 2.02. The average molecular weight is 259 g/mol. The molecule has 0 unspecified atom stereocenters. The summed E-state index contributed by atoms with van der Waals surface area (Å²) < 4.78 is 0. The van der Waals surface area contributed by atoms with Crippen molar-refractivity contribution in [3.8, 4) is 5.88 Å². The van der Waals surface area contributed by atoms with E-state index in [1.807, 2.05) is 32.0 Å². The molecule has 0 amide bonds. The van der Waals surface area contributed by atoms with Crippen molar-refractivity contribution in [2.75, 3.05) is 5.32 Å². The monoisotopic (exact) mass is 259 g/mol. The minimum atomic E-state index is -0.316. The van der Waals surface area contributed by atoms with Crippen LogP contribution in [0.15, 0.2) is 23.0 Å². The molecule has 0 saturated heterocycles. The Kier molecular flexibility index (Phi) is 3.55. The van der Waals surface area contributed by atoms with Crippen LogP contribution in [0.3, 0.4) is 0 Å². The van der Waals surface area contributed by atoms with Crippen molar-refractivity contribution in [2.45, 2.75) is 27.3 Å². The lowest BCUT2D eigenvalue weighted by atomic mass is 10.1. The van der Waals surface area contributed by atoms with E-state index in [1.165, 1.54) is 0 Å². The van der Waals surface area contributed by atoms with Crippen LogP contribution in [-0.4, -0.2) is 15.1 Å². The number of aromatic amines is 1. The zero-order valence-electron chi connectivity index (χ0n) is 11.2. The molecule has 0 atom stereocenters. The van der Waals surface area contributed by atoms with Crippen LogP contribution in [0.2, 0.25) is 0 Å². The Morgan fingerprint density at radius 1 is 1.26 bits per heavy atom.